The maximum absolute atomic E-state index is 2.55. The van der Waals surface area contributed by atoms with Gasteiger partial charge in [-0.1, -0.05) is 69.4 Å². The zero-order valence-corrected chi connectivity index (χ0v) is 16.3. The van der Waals surface area contributed by atoms with Gasteiger partial charge in [-0.05, 0) is 44.1 Å². The van der Waals surface area contributed by atoms with Crippen LogP contribution in [0.25, 0.3) is 0 Å². The maximum Gasteiger partial charge on any atom is 0.0929 e. The van der Waals surface area contributed by atoms with E-state index in [1.54, 1.807) is 0 Å². The molecule has 0 amide bonds. The zero-order chi connectivity index (χ0) is 17.1. The number of benzene rings is 1. The molecule has 1 fully saturated rings. The second-order valence-corrected chi connectivity index (χ2v) is 8.24. The van der Waals surface area contributed by atoms with Crippen LogP contribution in [0.15, 0.2) is 30.3 Å². The highest BCUT2D eigenvalue weighted by Gasteiger charge is 2.32. The summed E-state index contributed by atoms with van der Waals surface area (Å²) in [5, 5.41) is 0. The van der Waals surface area contributed by atoms with E-state index in [0.717, 1.165) is 6.04 Å². The number of hydrogen-bond donors (Lipinski definition) is 0. The molecular formula is C23H40N+. The number of unbranched alkanes of at least 4 members (excludes halogenated alkanes) is 5. The Kier molecular flexibility index (Phi) is 8.88. The third kappa shape index (κ3) is 6.59. The Morgan fingerprint density at radius 1 is 0.833 bits per heavy atom. The molecule has 1 aliphatic heterocycles. The monoisotopic (exact) mass is 330 g/mol. The van der Waals surface area contributed by atoms with Crippen LogP contribution < -0.4 is 0 Å². The fourth-order valence-electron chi connectivity index (χ4n) is 4.46. The maximum atomic E-state index is 2.55. The van der Waals surface area contributed by atoms with Gasteiger partial charge in [0.05, 0.1) is 26.2 Å². The van der Waals surface area contributed by atoms with Gasteiger partial charge >= 0.3 is 0 Å². The van der Waals surface area contributed by atoms with Crippen LogP contribution in [-0.2, 0) is 6.42 Å². The van der Waals surface area contributed by atoms with Crippen LogP contribution in [-0.4, -0.2) is 30.7 Å². The Balaban J connectivity index is 1.92. The van der Waals surface area contributed by atoms with Crippen molar-refractivity contribution in [3.63, 3.8) is 0 Å². The number of rotatable bonds is 10. The summed E-state index contributed by atoms with van der Waals surface area (Å²) >= 11 is 0. The predicted octanol–water partition coefficient (Wildman–Crippen LogP) is 6.37. The largest absolute Gasteiger partial charge is 0.323 e. The molecule has 0 radical (unpaired) electrons. The number of quaternary nitrogens is 1. The summed E-state index contributed by atoms with van der Waals surface area (Å²) in [5.41, 5.74) is 1.54. The van der Waals surface area contributed by atoms with Crippen LogP contribution in [0.4, 0.5) is 0 Å². The highest BCUT2D eigenvalue weighted by molar-refractivity contribution is 5.15. The lowest BCUT2D eigenvalue weighted by atomic mass is 9.96. The molecule has 2 rings (SSSR count). The Bertz CT molecular complexity index is 417. The van der Waals surface area contributed by atoms with Crippen LogP contribution >= 0.6 is 0 Å². The van der Waals surface area contributed by atoms with Gasteiger partial charge in [-0.3, -0.25) is 0 Å². The minimum absolute atomic E-state index is 0.816. The molecule has 0 bridgehead atoms. The first-order valence-electron chi connectivity index (χ1n) is 10.6. The lowest BCUT2D eigenvalue weighted by Gasteiger charge is -2.41. The lowest BCUT2D eigenvalue weighted by Crippen LogP contribution is -2.53. The van der Waals surface area contributed by atoms with Gasteiger partial charge in [0, 0.05) is 6.42 Å². The molecule has 1 saturated heterocycles. The topological polar surface area (TPSA) is 0 Å². The third-order valence-electron chi connectivity index (χ3n) is 6.17. The number of hydrogen-bond acceptors (Lipinski definition) is 0. The van der Waals surface area contributed by atoms with E-state index in [1.165, 1.54) is 100 Å². The van der Waals surface area contributed by atoms with Gasteiger partial charge in [0.1, 0.15) is 0 Å². The van der Waals surface area contributed by atoms with Gasteiger partial charge in [-0.25, -0.2) is 0 Å². The first-order valence-corrected chi connectivity index (χ1v) is 10.6. The Morgan fingerprint density at radius 2 is 1.46 bits per heavy atom. The molecule has 136 valence electrons. The van der Waals surface area contributed by atoms with Gasteiger partial charge in [-0.15, -0.1) is 0 Å². The second-order valence-electron chi connectivity index (χ2n) is 8.24. The average Bonchev–Trinajstić information content (AvgIpc) is 2.83. The van der Waals surface area contributed by atoms with Crippen LogP contribution in [0.3, 0.4) is 0 Å². The van der Waals surface area contributed by atoms with Crippen molar-refractivity contribution >= 4 is 0 Å². The molecule has 24 heavy (non-hydrogen) atoms. The van der Waals surface area contributed by atoms with Gasteiger partial charge in [-0.2, -0.15) is 0 Å². The summed E-state index contributed by atoms with van der Waals surface area (Å²) in [5.74, 6) is 0. The van der Waals surface area contributed by atoms with E-state index in [1.807, 2.05) is 0 Å². The fraction of sp³-hybridized carbons (Fsp3) is 0.739. The summed E-state index contributed by atoms with van der Waals surface area (Å²) in [6, 6.07) is 12.0. The normalized spacial score (nSPS) is 18.9. The summed E-state index contributed by atoms with van der Waals surface area (Å²) in [6.07, 6.45) is 16.9. The molecule has 0 N–H and O–H groups in total. The molecule has 0 aliphatic carbocycles. The van der Waals surface area contributed by atoms with E-state index in [0.29, 0.717) is 0 Å². The van der Waals surface area contributed by atoms with Crippen LogP contribution in [0.2, 0.25) is 0 Å². The van der Waals surface area contributed by atoms with Crippen molar-refractivity contribution in [2.45, 2.75) is 90.0 Å². The Morgan fingerprint density at radius 3 is 2.12 bits per heavy atom. The minimum Gasteiger partial charge on any atom is -0.323 e. The SMILES string of the molecule is CCCCCCCCC(Cc1ccccc1)[N+]1(C)CCCCCC1. The number of likely N-dealkylation sites (N-methyl/N-ethyl adjacent to an activating group) is 1. The molecule has 1 aromatic carbocycles. The first kappa shape index (κ1) is 19.5. The Labute approximate surface area is 151 Å². The van der Waals surface area contributed by atoms with Crippen LogP contribution in [0, 0.1) is 0 Å². The van der Waals surface area contributed by atoms with Crippen molar-refractivity contribution in [1.82, 2.24) is 0 Å². The molecule has 0 spiro atoms. The van der Waals surface area contributed by atoms with Gasteiger partial charge in [0.2, 0.25) is 0 Å². The number of likely N-dealkylation sites (tertiary alicyclic amines) is 1. The molecular weight excluding hydrogens is 290 g/mol. The first-order chi connectivity index (χ1) is 11.7. The minimum atomic E-state index is 0.816. The molecule has 1 nitrogen and oxygen atoms in total. The molecule has 1 aromatic rings. The summed E-state index contributed by atoms with van der Waals surface area (Å²) in [4.78, 5) is 0. The molecule has 0 saturated carbocycles. The average molecular weight is 331 g/mol. The quantitative estimate of drug-likeness (QED) is 0.345. The van der Waals surface area contributed by atoms with Crippen molar-refractivity contribution in [1.29, 1.82) is 0 Å². The van der Waals surface area contributed by atoms with Gasteiger partial charge in [0.15, 0.2) is 0 Å². The van der Waals surface area contributed by atoms with Crippen LogP contribution in [0.5, 0.6) is 0 Å². The summed E-state index contributed by atoms with van der Waals surface area (Å²) in [6.45, 7) is 5.10. The van der Waals surface area contributed by atoms with E-state index in [4.69, 9.17) is 0 Å². The molecule has 1 heteroatoms. The van der Waals surface area contributed by atoms with E-state index in [9.17, 15) is 0 Å². The van der Waals surface area contributed by atoms with Crippen molar-refractivity contribution in [3.8, 4) is 0 Å². The van der Waals surface area contributed by atoms with E-state index >= 15 is 0 Å². The summed E-state index contributed by atoms with van der Waals surface area (Å²) in [7, 11) is 2.55. The third-order valence-corrected chi connectivity index (χ3v) is 6.17. The highest BCUT2D eigenvalue weighted by atomic mass is 15.4. The zero-order valence-electron chi connectivity index (χ0n) is 16.3. The number of nitrogens with zero attached hydrogens (tertiary/aromatic N) is 1. The fourth-order valence-corrected chi connectivity index (χ4v) is 4.46. The molecule has 1 aliphatic rings. The molecule has 1 unspecified atom stereocenters. The molecule has 1 heterocycles. The summed E-state index contributed by atoms with van der Waals surface area (Å²) < 4.78 is 1.32. The second kappa shape index (κ2) is 10.9. The van der Waals surface area contributed by atoms with Crippen molar-refractivity contribution in [2.75, 3.05) is 20.1 Å². The van der Waals surface area contributed by atoms with E-state index < -0.39 is 0 Å². The highest BCUT2D eigenvalue weighted by Crippen LogP contribution is 2.26. The van der Waals surface area contributed by atoms with Crippen molar-refractivity contribution in [3.05, 3.63) is 35.9 Å². The van der Waals surface area contributed by atoms with Crippen molar-refractivity contribution < 1.29 is 4.48 Å². The van der Waals surface area contributed by atoms with Gasteiger partial charge < -0.3 is 4.48 Å². The van der Waals surface area contributed by atoms with E-state index in [-0.39, 0.29) is 0 Å². The predicted molar refractivity (Wildman–Crippen MR) is 106 cm³/mol. The van der Waals surface area contributed by atoms with Gasteiger partial charge in [0.25, 0.3) is 0 Å². The Hall–Kier alpha value is -0.820. The molecule has 1 atom stereocenters. The standard InChI is InChI=1S/C23H40N/c1-3-4-5-6-7-13-18-23(21-22-16-11-10-12-17-22)24(2)19-14-8-9-15-20-24/h10-12,16-17,23H,3-9,13-15,18-21H2,1-2H3/q+1. The van der Waals surface area contributed by atoms with Crippen molar-refractivity contribution in [2.24, 2.45) is 0 Å². The van der Waals surface area contributed by atoms with Crippen LogP contribution in [0.1, 0.15) is 83.1 Å². The smallest absolute Gasteiger partial charge is 0.0929 e. The lowest BCUT2D eigenvalue weighted by molar-refractivity contribution is -0.933. The van der Waals surface area contributed by atoms with E-state index in [2.05, 4.69) is 44.3 Å². The molecule has 0 aromatic heterocycles.